The Kier molecular flexibility index (Phi) is 6.36. The number of nitrogens with zero attached hydrogens (tertiary/aromatic N) is 3. The van der Waals surface area contributed by atoms with Crippen molar-refractivity contribution in [1.29, 1.82) is 0 Å². The van der Waals surface area contributed by atoms with Crippen LogP contribution in [0.3, 0.4) is 0 Å². The zero-order valence-electron chi connectivity index (χ0n) is 13.8. The second kappa shape index (κ2) is 8.26. The molecule has 124 valence electrons. The molecule has 23 heavy (non-hydrogen) atoms. The summed E-state index contributed by atoms with van der Waals surface area (Å²) in [6.45, 7) is 9.36. The third-order valence-corrected chi connectivity index (χ3v) is 4.23. The number of carbonyl (C=O) groups excluding carboxylic acids is 1. The van der Waals surface area contributed by atoms with Crippen molar-refractivity contribution in [2.45, 2.75) is 20.8 Å². The summed E-state index contributed by atoms with van der Waals surface area (Å²) in [7, 11) is 0. The SMILES string of the molecule is CCN(CC)CCN(C(=O)c1cc(C)no1)c1cccc(Br)c1. The molecule has 1 amide bonds. The number of carbonyl (C=O) groups is 1. The van der Waals surface area contributed by atoms with Gasteiger partial charge in [-0.15, -0.1) is 0 Å². The van der Waals surface area contributed by atoms with E-state index in [0.29, 0.717) is 12.2 Å². The van der Waals surface area contributed by atoms with Gasteiger partial charge in [-0.3, -0.25) is 4.79 Å². The third kappa shape index (κ3) is 4.65. The first-order valence-corrected chi connectivity index (χ1v) is 8.57. The van der Waals surface area contributed by atoms with Crippen molar-refractivity contribution in [3.8, 4) is 0 Å². The van der Waals surface area contributed by atoms with Gasteiger partial charge in [0.1, 0.15) is 0 Å². The number of halogens is 1. The lowest BCUT2D eigenvalue weighted by Crippen LogP contribution is -2.38. The third-order valence-electron chi connectivity index (χ3n) is 3.74. The van der Waals surface area contributed by atoms with Crippen molar-refractivity contribution in [2.24, 2.45) is 0 Å². The van der Waals surface area contributed by atoms with Gasteiger partial charge < -0.3 is 14.3 Å². The average molecular weight is 380 g/mol. The number of benzene rings is 1. The molecular weight excluding hydrogens is 358 g/mol. The van der Waals surface area contributed by atoms with E-state index in [1.54, 1.807) is 17.9 Å². The van der Waals surface area contributed by atoms with Crippen LogP contribution in [0.25, 0.3) is 0 Å². The van der Waals surface area contributed by atoms with Gasteiger partial charge in [-0.1, -0.05) is 41.0 Å². The van der Waals surface area contributed by atoms with Crippen molar-refractivity contribution in [1.82, 2.24) is 10.1 Å². The van der Waals surface area contributed by atoms with E-state index in [2.05, 4.69) is 39.8 Å². The van der Waals surface area contributed by atoms with Gasteiger partial charge in [0.25, 0.3) is 5.91 Å². The van der Waals surface area contributed by atoms with Crippen LogP contribution in [-0.4, -0.2) is 42.1 Å². The highest BCUT2D eigenvalue weighted by Gasteiger charge is 2.22. The maximum Gasteiger partial charge on any atom is 0.296 e. The van der Waals surface area contributed by atoms with E-state index >= 15 is 0 Å². The van der Waals surface area contributed by atoms with E-state index < -0.39 is 0 Å². The molecular formula is C17H22BrN3O2. The van der Waals surface area contributed by atoms with Crippen molar-refractivity contribution in [3.63, 3.8) is 0 Å². The van der Waals surface area contributed by atoms with E-state index in [1.807, 2.05) is 24.3 Å². The number of anilines is 1. The van der Waals surface area contributed by atoms with E-state index in [1.165, 1.54) is 0 Å². The van der Waals surface area contributed by atoms with Crippen molar-refractivity contribution < 1.29 is 9.32 Å². The molecule has 5 nitrogen and oxygen atoms in total. The minimum atomic E-state index is -0.171. The molecule has 6 heteroatoms. The monoisotopic (exact) mass is 379 g/mol. The maximum atomic E-state index is 12.8. The first-order valence-electron chi connectivity index (χ1n) is 7.78. The number of hydrogen-bond acceptors (Lipinski definition) is 4. The van der Waals surface area contributed by atoms with Crippen LogP contribution in [0.1, 0.15) is 30.1 Å². The van der Waals surface area contributed by atoms with Gasteiger partial charge in [-0.25, -0.2) is 0 Å². The maximum absolute atomic E-state index is 12.8. The summed E-state index contributed by atoms with van der Waals surface area (Å²) < 4.78 is 6.09. The Hall–Kier alpha value is -1.66. The molecule has 0 radical (unpaired) electrons. The summed E-state index contributed by atoms with van der Waals surface area (Å²) in [5, 5.41) is 3.82. The highest BCUT2D eigenvalue weighted by atomic mass is 79.9. The van der Waals surface area contributed by atoms with Crippen LogP contribution in [0.5, 0.6) is 0 Å². The van der Waals surface area contributed by atoms with Gasteiger partial charge >= 0.3 is 0 Å². The Morgan fingerprint density at radius 1 is 1.22 bits per heavy atom. The Balaban J connectivity index is 2.25. The van der Waals surface area contributed by atoms with Crippen LogP contribution < -0.4 is 4.90 Å². The fourth-order valence-electron chi connectivity index (χ4n) is 2.37. The molecule has 0 N–H and O–H groups in total. The van der Waals surface area contributed by atoms with E-state index in [0.717, 1.165) is 29.8 Å². The summed E-state index contributed by atoms with van der Waals surface area (Å²) in [5.41, 5.74) is 1.54. The highest BCUT2D eigenvalue weighted by molar-refractivity contribution is 9.10. The van der Waals surface area contributed by atoms with E-state index in [-0.39, 0.29) is 11.7 Å². The van der Waals surface area contributed by atoms with Gasteiger partial charge in [0.05, 0.1) is 5.69 Å². The molecule has 0 spiro atoms. The summed E-state index contributed by atoms with van der Waals surface area (Å²) in [6, 6.07) is 9.39. The van der Waals surface area contributed by atoms with Gasteiger partial charge in [0.2, 0.25) is 5.76 Å². The van der Waals surface area contributed by atoms with Crippen molar-refractivity contribution >= 4 is 27.5 Å². The molecule has 2 aromatic rings. The van der Waals surface area contributed by atoms with Crippen LogP contribution >= 0.6 is 15.9 Å². The normalized spacial score (nSPS) is 11.0. The minimum absolute atomic E-state index is 0.171. The Bertz CT molecular complexity index is 653. The second-order valence-corrected chi connectivity index (χ2v) is 6.21. The lowest BCUT2D eigenvalue weighted by molar-refractivity contribution is 0.0948. The topological polar surface area (TPSA) is 49.6 Å². The number of rotatable bonds is 7. The predicted molar refractivity (Wildman–Crippen MR) is 94.8 cm³/mol. The van der Waals surface area contributed by atoms with E-state index in [4.69, 9.17) is 4.52 Å². The summed E-state index contributed by atoms with van der Waals surface area (Å²) in [6.07, 6.45) is 0. The molecule has 0 bridgehead atoms. The Morgan fingerprint density at radius 2 is 1.96 bits per heavy atom. The summed E-state index contributed by atoms with van der Waals surface area (Å²) in [4.78, 5) is 16.8. The zero-order chi connectivity index (χ0) is 16.8. The number of likely N-dealkylation sites (N-methyl/N-ethyl adjacent to an activating group) is 1. The largest absolute Gasteiger partial charge is 0.351 e. The quantitative estimate of drug-likeness (QED) is 0.735. The van der Waals surface area contributed by atoms with Gasteiger partial charge in [-0.05, 0) is 38.2 Å². The lowest BCUT2D eigenvalue weighted by Gasteiger charge is -2.26. The fraction of sp³-hybridized carbons (Fsp3) is 0.412. The lowest BCUT2D eigenvalue weighted by atomic mass is 10.2. The highest BCUT2D eigenvalue weighted by Crippen LogP contribution is 2.22. The second-order valence-electron chi connectivity index (χ2n) is 5.30. The molecule has 0 aliphatic heterocycles. The predicted octanol–water partition coefficient (Wildman–Crippen LogP) is 3.73. The first-order chi connectivity index (χ1) is 11.0. The molecule has 2 rings (SSSR count). The molecule has 0 saturated heterocycles. The average Bonchev–Trinajstić information content (AvgIpc) is 2.98. The van der Waals surface area contributed by atoms with Gasteiger partial charge in [0.15, 0.2) is 0 Å². The van der Waals surface area contributed by atoms with Crippen LogP contribution in [0, 0.1) is 6.92 Å². The molecule has 0 aliphatic rings. The number of amides is 1. The molecule has 0 unspecified atom stereocenters. The molecule has 0 saturated carbocycles. The van der Waals surface area contributed by atoms with Crippen LogP contribution in [0.2, 0.25) is 0 Å². The number of aromatic nitrogens is 1. The van der Waals surface area contributed by atoms with Crippen molar-refractivity contribution in [3.05, 3.63) is 46.3 Å². The molecule has 0 fully saturated rings. The molecule has 1 aromatic carbocycles. The molecule has 1 aromatic heterocycles. The van der Waals surface area contributed by atoms with Crippen LogP contribution in [0.4, 0.5) is 5.69 Å². The molecule has 1 heterocycles. The zero-order valence-corrected chi connectivity index (χ0v) is 15.3. The van der Waals surface area contributed by atoms with Gasteiger partial charge in [-0.2, -0.15) is 0 Å². The minimum Gasteiger partial charge on any atom is -0.351 e. The molecule has 0 atom stereocenters. The molecule has 0 aliphatic carbocycles. The first kappa shape index (κ1) is 17.7. The Morgan fingerprint density at radius 3 is 2.52 bits per heavy atom. The number of hydrogen-bond donors (Lipinski definition) is 0. The summed E-state index contributed by atoms with van der Waals surface area (Å²) in [5.74, 6) is 0.0953. The van der Waals surface area contributed by atoms with Crippen LogP contribution in [0.15, 0.2) is 39.3 Å². The van der Waals surface area contributed by atoms with Gasteiger partial charge in [0, 0.05) is 29.3 Å². The Labute approximate surface area is 145 Å². The van der Waals surface area contributed by atoms with E-state index in [9.17, 15) is 4.79 Å². The standard InChI is InChI=1S/C17H22BrN3O2/c1-4-20(5-2)9-10-21(15-8-6-7-14(18)12-15)17(22)16-11-13(3)19-23-16/h6-8,11-12H,4-5,9-10H2,1-3H3. The summed E-state index contributed by atoms with van der Waals surface area (Å²) >= 11 is 3.46. The van der Waals surface area contributed by atoms with Crippen molar-refractivity contribution in [2.75, 3.05) is 31.1 Å². The smallest absolute Gasteiger partial charge is 0.296 e. The fourth-order valence-corrected chi connectivity index (χ4v) is 2.76. The number of aryl methyl sites for hydroxylation is 1. The van der Waals surface area contributed by atoms with Crippen LogP contribution in [-0.2, 0) is 0 Å².